The van der Waals surface area contributed by atoms with E-state index in [-0.39, 0.29) is 18.4 Å². The number of hydrogen-bond donors (Lipinski definition) is 0. The van der Waals surface area contributed by atoms with Crippen molar-refractivity contribution in [1.29, 1.82) is 0 Å². The molecule has 0 aliphatic carbocycles. The zero-order chi connectivity index (χ0) is 16.5. The fourth-order valence-corrected chi connectivity index (χ4v) is 2.85. The Hall–Kier alpha value is -1.56. The maximum Gasteiger partial charge on any atom is 0.410 e. The van der Waals surface area contributed by atoms with E-state index in [4.69, 9.17) is 9.47 Å². The van der Waals surface area contributed by atoms with E-state index >= 15 is 0 Å². The lowest BCUT2D eigenvalue weighted by atomic mass is 9.87. The smallest absolute Gasteiger partial charge is 0.410 e. The molecule has 6 heteroatoms. The summed E-state index contributed by atoms with van der Waals surface area (Å²) in [4.78, 5) is 28.3. The van der Waals surface area contributed by atoms with E-state index in [1.807, 2.05) is 39.8 Å². The molecule has 2 fully saturated rings. The third kappa shape index (κ3) is 3.61. The van der Waals surface area contributed by atoms with Gasteiger partial charge in [-0.1, -0.05) is 0 Å². The number of carbonyl (C=O) groups excluding carboxylic acids is 2. The van der Waals surface area contributed by atoms with Crippen LogP contribution in [-0.2, 0) is 14.3 Å². The lowest BCUT2D eigenvalue weighted by molar-refractivity contribution is -0.136. The summed E-state index contributed by atoms with van der Waals surface area (Å²) in [5, 5.41) is 0. The number of ether oxygens (including phenoxy) is 2. The Labute approximate surface area is 132 Å². The fourth-order valence-electron chi connectivity index (χ4n) is 2.85. The fraction of sp³-hybridized carbons (Fsp3) is 0.750. The minimum absolute atomic E-state index is 0.00513. The van der Waals surface area contributed by atoms with Crippen molar-refractivity contribution in [2.75, 3.05) is 33.8 Å². The van der Waals surface area contributed by atoms with Gasteiger partial charge in [-0.3, -0.25) is 4.79 Å². The van der Waals surface area contributed by atoms with Crippen molar-refractivity contribution in [3.63, 3.8) is 0 Å². The first-order valence-electron chi connectivity index (χ1n) is 7.67. The van der Waals surface area contributed by atoms with Gasteiger partial charge in [0.15, 0.2) is 5.78 Å². The molecule has 2 aliphatic rings. The van der Waals surface area contributed by atoms with E-state index in [2.05, 4.69) is 0 Å². The number of nitrogens with zero attached hydrogens (tertiary/aromatic N) is 2. The molecule has 2 aliphatic heterocycles. The van der Waals surface area contributed by atoms with Crippen LogP contribution in [0.3, 0.4) is 0 Å². The molecule has 1 amide bonds. The molecule has 0 radical (unpaired) electrons. The van der Waals surface area contributed by atoms with Crippen LogP contribution in [0.4, 0.5) is 4.79 Å². The van der Waals surface area contributed by atoms with Crippen molar-refractivity contribution in [3.05, 3.63) is 11.8 Å². The number of piperidine rings is 1. The van der Waals surface area contributed by atoms with E-state index in [1.165, 1.54) is 0 Å². The topological polar surface area (TPSA) is 59.1 Å². The van der Waals surface area contributed by atoms with Crippen LogP contribution in [0.15, 0.2) is 11.8 Å². The molecule has 0 bridgehead atoms. The lowest BCUT2D eigenvalue weighted by Gasteiger charge is -2.38. The van der Waals surface area contributed by atoms with Crippen molar-refractivity contribution >= 4 is 11.9 Å². The van der Waals surface area contributed by atoms with E-state index < -0.39 is 11.2 Å². The molecule has 2 heterocycles. The Morgan fingerprint density at radius 2 is 2.09 bits per heavy atom. The zero-order valence-corrected chi connectivity index (χ0v) is 14.1. The molecule has 2 rings (SSSR count). The summed E-state index contributed by atoms with van der Waals surface area (Å²) in [5.74, 6) is -0.00513. The number of amides is 1. The van der Waals surface area contributed by atoms with Gasteiger partial charge in [0.1, 0.15) is 11.2 Å². The number of rotatable bonds is 1. The summed E-state index contributed by atoms with van der Waals surface area (Å²) in [6.45, 7) is 6.67. The van der Waals surface area contributed by atoms with Crippen molar-refractivity contribution in [2.24, 2.45) is 0 Å². The van der Waals surface area contributed by atoms with Crippen LogP contribution in [0.5, 0.6) is 0 Å². The molecule has 0 aromatic carbocycles. The first-order valence-corrected chi connectivity index (χ1v) is 7.67. The Kier molecular flexibility index (Phi) is 4.52. The molecule has 1 unspecified atom stereocenters. The Balaban J connectivity index is 2.11. The maximum absolute atomic E-state index is 12.7. The van der Waals surface area contributed by atoms with E-state index in [0.717, 1.165) is 6.42 Å². The van der Waals surface area contributed by atoms with Crippen LogP contribution in [0, 0.1) is 0 Å². The minimum atomic E-state index is -0.892. The first kappa shape index (κ1) is 16.8. The number of hydrogen-bond acceptors (Lipinski definition) is 5. The SMILES string of the molecule is CN(C)/C=C1\COC2(CCCN(C(=O)OC(C)(C)C)C2)C1=O. The summed E-state index contributed by atoms with van der Waals surface area (Å²) in [7, 11) is 3.75. The Morgan fingerprint density at radius 3 is 2.68 bits per heavy atom. The van der Waals surface area contributed by atoms with Crippen LogP contribution >= 0.6 is 0 Å². The standard InChI is InChI=1S/C16H26N2O4/c1-15(2,3)22-14(20)18-8-6-7-16(11-18)13(19)12(10-21-16)9-17(4)5/h9H,6-8,10-11H2,1-5H3/b12-9+. The second-order valence-corrected chi connectivity index (χ2v) is 7.24. The van der Waals surface area contributed by atoms with Gasteiger partial charge in [-0.05, 0) is 33.6 Å². The predicted octanol–water partition coefficient (Wildman–Crippen LogP) is 1.80. The molecule has 0 aromatic heterocycles. The summed E-state index contributed by atoms with van der Waals surface area (Å²) >= 11 is 0. The second-order valence-electron chi connectivity index (χ2n) is 7.24. The molecule has 124 valence electrons. The number of Topliss-reactive ketones (excluding diaryl/α,β-unsaturated/α-hetero) is 1. The van der Waals surface area contributed by atoms with Crippen molar-refractivity contribution in [1.82, 2.24) is 9.80 Å². The lowest BCUT2D eigenvalue weighted by Crippen LogP contribution is -2.54. The highest BCUT2D eigenvalue weighted by atomic mass is 16.6. The molecular weight excluding hydrogens is 284 g/mol. The van der Waals surface area contributed by atoms with Gasteiger partial charge in [-0.25, -0.2) is 4.79 Å². The van der Waals surface area contributed by atoms with Crippen molar-refractivity contribution in [2.45, 2.75) is 44.8 Å². The molecule has 0 N–H and O–H groups in total. The van der Waals surface area contributed by atoms with Crippen LogP contribution in [0.1, 0.15) is 33.6 Å². The van der Waals surface area contributed by atoms with Crippen LogP contribution in [0.25, 0.3) is 0 Å². The number of carbonyl (C=O) groups is 2. The molecular formula is C16H26N2O4. The van der Waals surface area contributed by atoms with Gasteiger partial charge >= 0.3 is 6.09 Å². The average Bonchev–Trinajstić information content (AvgIpc) is 2.66. The van der Waals surface area contributed by atoms with E-state index in [0.29, 0.717) is 25.1 Å². The van der Waals surface area contributed by atoms with Gasteiger partial charge in [-0.2, -0.15) is 0 Å². The maximum atomic E-state index is 12.7. The zero-order valence-electron chi connectivity index (χ0n) is 14.1. The van der Waals surface area contributed by atoms with Crippen molar-refractivity contribution in [3.8, 4) is 0 Å². The molecule has 0 saturated carbocycles. The largest absolute Gasteiger partial charge is 0.444 e. The molecule has 22 heavy (non-hydrogen) atoms. The number of ketones is 1. The molecule has 1 spiro atoms. The van der Waals surface area contributed by atoms with Gasteiger partial charge in [0.25, 0.3) is 0 Å². The van der Waals surface area contributed by atoms with Gasteiger partial charge in [0.2, 0.25) is 0 Å². The summed E-state index contributed by atoms with van der Waals surface area (Å²) < 4.78 is 11.2. The normalized spacial score (nSPS) is 27.6. The third-order valence-electron chi connectivity index (χ3n) is 3.73. The molecule has 2 saturated heterocycles. The van der Waals surface area contributed by atoms with Crippen LogP contribution in [0.2, 0.25) is 0 Å². The average molecular weight is 310 g/mol. The second kappa shape index (κ2) is 5.91. The quantitative estimate of drug-likeness (QED) is 0.691. The highest BCUT2D eigenvalue weighted by Gasteiger charge is 2.50. The summed E-state index contributed by atoms with van der Waals surface area (Å²) in [6.07, 6.45) is 2.80. The van der Waals surface area contributed by atoms with Crippen LogP contribution in [-0.4, -0.2) is 66.7 Å². The highest BCUT2D eigenvalue weighted by Crippen LogP contribution is 2.34. The number of likely N-dealkylation sites (tertiary alicyclic amines) is 1. The summed E-state index contributed by atoms with van der Waals surface area (Å²) in [5.41, 5.74) is -0.772. The third-order valence-corrected chi connectivity index (χ3v) is 3.73. The molecule has 0 aromatic rings. The van der Waals surface area contributed by atoms with Crippen LogP contribution < -0.4 is 0 Å². The molecule has 6 nitrogen and oxygen atoms in total. The van der Waals surface area contributed by atoms with Crippen molar-refractivity contribution < 1.29 is 19.1 Å². The monoisotopic (exact) mass is 310 g/mol. The Bertz CT molecular complexity index is 493. The van der Waals surface area contributed by atoms with Gasteiger partial charge in [-0.15, -0.1) is 0 Å². The van der Waals surface area contributed by atoms with E-state index in [9.17, 15) is 9.59 Å². The highest BCUT2D eigenvalue weighted by molar-refractivity contribution is 6.04. The van der Waals surface area contributed by atoms with Gasteiger partial charge in [0.05, 0.1) is 13.2 Å². The van der Waals surface area contributed by atoms with Gasteiger partial charge in [0, 0.05) is 32.4 Å². The first-order chi connectivity index (χ1) is 10.1. The summed E-state index contributed by atoms with van der Waals surface area (Å²) in [6, 6.07) is 0. The molecule has 1 atom stereocenters. The predicted molar refractivity (Wildman–Crippen MR) is 82.5 cm³/mol. The van der Waals surface area contributed by atoms with E-state index in [1.54, 1.807) is 11.1 Å². The Morgan fingerprint density at radius 1 is 1.41 bits per heavy atom. The minimum Gasteiger partial charge on any atom is -0.444 e. The van der Waals surface area contributed by atoms with Gasteiger partial charge < -0.3 is 19.3 Å².